The van der Waals surface area contributed by atoms with Crippen molar-refractivity contribution in [1.29, 1.82) is 0 Å². The highest BCUT2D eigenvalue weighted by atomic mass is 16.2. The molecule has 1 amide bonds. The first-order valence-electron chi connectivity index (χ1n) is 6.79. The Hall–Kier alpha value is -0.570. The summed E-state index contributed by atoms with van der Waals surface area (Å²) in [5, 5.41) is 3.36. The molecule has 0 aromatic carbocycles. The number of nitrogens with one attached hydrogen (secondary N) is 1. The summed E-state index contributed by atoms with van der Waals surface area (Å²) in [7, 11) is 0. The molecule has 1 fully saturated rings. The van der Waals surface area contributed by atoms with Crippen LogP contribution in [-0.2, 0) is 4.79 Å². The van der Waals surface area contributed by atoms with Crippen molar-refractivity contribution >= 4 is 5.91 Å². The van der Waals surface area contributed by atoms with Crippen LogP contribution in [0.4, 0.5) is 0 Å². The van der Waals surface area contributed by atoms with E-state index in [1.165, 1.54) is 0 Å². The maximum Gasteiger partial charge on any atom is 0.222 e. The van der Waals surface area contributed by atoms with E-state index in [1.807, 2.05) is 4.90 Å². The van der Waals surface area contributed by atoms with Gasteiger partial charge in [-0.15, -0.1) is 0 Å². The molecule has 1 aliphatic rings. The van der Waals surface area contributed by atoms with Crippen molar-refractivity contribution in [2.45, 2.75) is 53.5 Å². The Balaban J connectivity index is 2.38. The third-order valence-corrected chi connectivity index (χ3v) is 3.21. The standard InChI is InChI=1S/C14H28N2O/c1-11(9-14(3,4)5)8-13(17)16-7-6-15-12(2)10-16/h11-12,15H,6-10H2,1-5H3/t11-,12-/m1/s1. The second kappa shape index (κ2) is 5.85. The molecule has 1 rings (SSSR count). The lowest BCUT2D eigenvalue weighted by atomic mass is 9.84. The van der Waals surface area contributed by atoms with Gasteiger partial charge in [0.25, 0.3) is 0 Å². The van der Waals surface area contributed by atoms with Crippen molar-refractivity contribution < 1.29 is 4.79 Å². The van der Waals surface area contributed by atoms with Gasteiger partial charge in [-0.3, -0.25) is 4.79 Å². The Morgan fingerprint density at radius 3 is 2.65 bits per heavy atom. The molecular formula is C14H28N2O. The fourth-order valence-corrected chi connectivity index (χ4v) is 2.70. The summed E-state index contributed by atoms with van der Waals surface area (Å²) in [6.45, 7) is 13.7. The van der Waals surface area contributed by atoms with Crippen LogP contribution in [0.1, 0.15) is 47.5 Å². The van der Waals surface area contributed by atoms with Gasteiger partial charge in [0.05, 0.1) is 0 Å². The summed E-state index contributed by atoms with van der Waals surface area (Å²) in [6.07, 6.45) is 1.81. The highest BCUT2D eigenvalue weighted by Crippen LogP contribution is 2.26. The summed E-state index contributed by atoms with van der Waals surface area (Å²) in [5.41, 5.74) is 0.316. The first-order chi connectivity index (χ1) is 7.78. The maximum absolute atomic E-state index is 12.1. The minimum atomic E-state index is 0.316. The molecule has 0 aliphatic carbocycles. The lowest BCUT2D eigenvalue weighted by molar-refractivity contribution is -0.133. The van der Waals surface area contributed by atoms with Crippen LogP contribution in [-0.4, -0.2) is 36.5 Å². The molecule has 1 N–H and O–H groups in total. The fraction of sp³-hybridized carbons (Fsp3) is 0.929. The second-order valence-electron chi connectivity index (χ2n) is 6.77. The summed E-state index contributed by atoms with van der Waals surface area (Å²) < 4.78 is 0. The average molecular weight is 240 g/mol. The molecule has 2 atom stereocenters. The molecule has 0 spiro atoms. The van der Waals surface area contributed by atoms with Gasteiger partial charge in [0.2, 0.25) is 5.91 Å². The van der Waals surface area contributed by atoms with E-state index >= 15 is 0 Å². The van der Waals surface area contributed by atoms with Gasteiger partial charge in [0.15, 0.2) is 0 Å². The average Bonchev–Trinajstić information content (AvgIpc) is 2.14. The van der Waals surface area contributed by atoms with E-state index in [2.05, 4.69) is 39.9 Å². The highest BCUT2D eigenvalue weighted by Gasteiger charge is 2.23. The smallest absolute Gasteiger partial charge is 0.222 e. The molecule has 3 heteroatoms. The molecular weight excluding hydrogens is 212 g/mol. The molecule has 0 bridgehead atoms. The van der Waals surface area contributed by atoms with Crippen molar-refractivity contribution in [3.05, 3.63) is 0 Å². The molecule has 1 heterocycles. The normalized spacial score (nSPS) is 23.6. The molecule has 3 nitrogen and oxygen atoms in total. The van der Waals surface area contributed by atoms with Gasteiger partial charge in [-0.05, 0) is 24.7 Å². The first-order valence-corrected chi connectivity index (χ1v) is 6.79. The molecule has 1 aliphatic heterocycles. The largest absolute Gasteiger partial charge is 0.340 e. The third-order valence-electron chi connectivity index (χ3n) is 3.21. The van der Waals surface area contributed by atoms with Crippen LogP contribution in [0.3, 0.4) is 0 Å². The molecule has 0 aromatic heterocycles. The van der Waals surface area contributed by atoms with Gasteiger partial charge in [0.1, 0.15) is 0 Å². The van der Waals surface area contributed by atoms with E-state index in [0.29, 0.717) is 29.7 Å². The van der Waals surface area contributed by atoms with Gasteiger partial charge in [-0.25, -0.2) is 0 Å². The zero-order valence-corrected chi connectivity index (χ0v) is 12.0. The summed E-state index contributed by atoms with van der Waals surface area (Å²) in [6, 6.07) is 0.436. The summed E-state index contributed by atoms with van der Waals surface area (Å²) >= 11 is 0. The van der Waals surface area contributed by atoms with E-state index in [1.54, 1.807) is 0 Å². The zero-order valence-electron chi connectivity index (χ0n) is 12.0. The van der Waals surface area contributed by atoms with Gasteiger partial charge in [-0.2, -0.15) is 0 Å². The SMILES string of the molecule is C[C@H](CC(=O)N1CCN[C@H](C)C1)CC(C)(C)C. The number of amides is 1. The fourth-order valence-electron chi connectivity index (χ4n) is 2.70. The molecule has 100 valence electrons. The molecule has 0 aromatic rings. The van der Waals surface area contributed by atoms with Crippen LogP contribution in [0.5, 0.6) is 0 Å². The van der Waals surface area contributed by atoms with Crippen LogP contribution in [0.25, 0.3) is 0 Å². The lowest BCUT2D eigenvalue weighted by Crippen LogP contribution is -2.51. The van der Waals surface area contributed by atoms with E-state index < -0.39 is 0 Å². The van der Waals surface area contributed by atoms with E-state index in [0.717, 1.165) is 26.1 Å². The Bertz CT molecular complexity index is 257. The van der Waals surface area contributed by atoms with Crippen molar-refractivity contribution in [2.75, 3.05) is 19.6 Å². The number of carbonyl (C=O) groups excluding carboxylic acids is 1. The summed E-state index contributed by atoms with van der Waals surface area (Å²) in [5.74, 6) is 0.808. The monoisotopic (exact) mass is 240 g/mol. The zero-order chi connectivity index (χ0) is 13.1. The molecule has 1 saturated heterocycles. The van der Waals surface area contributed by atoms with Crippen LogP contribution in [0.2, 0.25) is 0 Å². The van der Waals surface area contributed by atoms with Crippen molar-refractivity contribution in [2.24, 2.45) is 11.3 Å². The molecule has 17 heavy (non-hydrogen) atoms. The third kappa shape index (κ3) is 5.53. The van der Waals surface area contributed by atoms with E-state index in [-0.39, 0.29) is 0 Å². The second-order valence-corrected chi connectivity index (χ2v) is 6.77. The Kier molecular flexibility index (Phi) is 4.99. The van der Waals surface area contributed by atoms with Crippen molar-refractivity contribution in [1.82, 2.24) is 10.2 Å². The van der Waals surface area contributed by atoms with E-state index in [9.17, 15) is 4.79 Å². The number of piperazine rings is 1. The molecule has 0 radical (unpaired) electrons. The predicted molar refractivity (Wildman–Crippen MR) is 71.9 cm³/mol. The Morgan fingerprint density at radius 1 is 1.47 bits per heavy atom. The molecule has 0 unspecified atom stereocenters. The Morgan fingerprint density at radius 2 is 2.12 bits per heavy atom. The highest BCUT2D eigenvalue weighted by molar-refractivity contribution is 5.76. The van der Waals surface area contributed by atoms with Crippen LogP contribution >= 0.6 is 0 Å². The van der Waals surface area contributed by atoms with Crippen LogP contribution in [0, 0.1) is 11.3 Å². The minimum Gasteiger partial charge on any atom is -0.340 e. The van der Waals surface area contributed by atoms with Gasteiger partial charge in [-0.1, -0.05) is 27.7 Å². The number of nitrogens with zero attached hydrogens (tertiary/aromatic N) is 1. The van der Waals surface area contributed by atoms with Crippen LogP contribution < -0.4 is 5.32 Å². The van der Waals surface area contributed by atoms with Gasteiger partial charge in [0, 0.05) is 32.1 Å². The first kappa shape index (κ1) is 14.5. The topological polar surface area (TPSA) is 32.3 Å². The number of carbonyl (C=O) groups is 1. The van der Waals surface area contributed by atoms with Crippen LogP contribution in [0.15, 0.2) is 0 Å². The number of rotatable bonds is 3. The minimum absolute atomic E-state index is 0.316. The number of hydrogen-bond donors (Lipinski definition) is 1. The van der Waals surface area contributed by atoms with Crippen molar-refractivity contribution in [3.63, 3.8) is 0 Å². The number of hydrogen-bond acceptors (Lipinski definition) is 2. The summed E-state index contributed by atoms with van der Waals surface area (Å²) in [4.78, 5) is 14.2. The molecule has 0 saturated carbocycles. The predicted octanol–water partition coefficient (Wildman–Crippen LogP) is 2.27. The van der Waals surface area contributed by atoms with E-state index in [4.69, 9.17) is 0 Å². The quantitative estimate of drug-likeness (QED) is 0.821. The van der Waals surface area contributed by atoms with Gasteiger partial charge >= 0.3 is 0 Å². The maximum atomic E-state index is 12.1. The Labute approximate surface area is 106 Å². The lowest BCUT2D eigenvalue weighted by Gasteiger charge is -2.33. The van der Waals surface area contributed by atoms with Gasteiger partial charge < -0.3 is 10.2 Å². The van der Waals surface area contributed by atoms with Crippen molar-refractivity contribution in [3.8, 4) is 0 Å².